The van der Waals surface area contributed by atoms with Crippen molar-refractivity contribution in [2.24, 2.45) is 0 Å². The maximum atomic E-state index is 5.68. The fourth-order valence-corrected chi connectivity index (χ4v) is 2.23. The van der Waals surface area contributed by atoms with Crippen LogP contribution in [0.25, 0.3) is 0 Å². The molecule has 0 bridgehead atoms. The zero-order valence-electron chi connectivity index (χ0n) is 12.3. The van der Waals surface area contributed by atoms with Gasteiger partial charge in [-0.05, 0) is 29.5 Å². The van der Waals surface area contributed by atoms with E-state index < -0.39 is 0 Å². The predicted octanol–water partition coefficient (Wildman–Crippen LogP) is 4.98. The van der Waals surface area contributed by atoms with Crippen LogP contribution in [0.1, 0.15) is 42.9 Å². The van der Waals surface area contributed by atoms with Crippen LogP contribution in [0.3, 0.4) is 0 Å². The SMILES string of the molecule is CCCCCOCc1ccc(Cc2ccccc2)cc1. The number of rotatable bonds is 8. The summed E-state index contributed by atoms with van der Waals surface area (Å²) < 4.78 is 5.68. The molecule has 0 amide bonds. The number of unbranched alkanes of at least 4 members (excludes halogenated alkanes) is 2. The molecule has 1 heteroatoms. The zero-order valence-corrected chi connectivity index (χ0v) is 12.3. The van der Waals surface area contributed by atoms with Crippen LogP contribution < -0.4 is 0 Å². The van der Waals surface area contributed by atoms with E-state index in [0.717, 1.165) is 19.6 Å². The summed E-state index contributed by atoms with van der Waals surface area (Å²) in [6, 6.07) is 19.4. The van der Waals surface area contributed by atoms with Crippen molar-refractivity contribution in [3.8, 4) is 0 Å². The normalized spacial score (nSPS) is 10.7. The van der Waals surface area contributed by atoms with Gasteiger partial charge in [-0.2, -0.15) is 0 Å². The summed E-state index contributed by atoms with van der Waals surface area (Å²) in [6.45, 7) is 3.82. The van der Waals surface area contributed by atoms with Crippen LogP contribution in [0, 0.1) is 0 Å². The van der Waals surface area contributed by atoms with E-state index in [1.807, 2.05) is 0 Å². The van der Waals surface area contributed by atoms with Crippen LogP contribution in [-0.2, 0) is 17.8 Å². The van der Waals surface area contributed by atoms with Crippen LogP contribution in [0.2, 0.25) is 0 Å². The van der Waals surface area contributed by atoms with Crippen molar-refractivity contribution in [1.82, 2.24) is 0 Å². The summed E-state index contributed by atoms with van der Waals surface area (Å²) in [7, 11) is 0. The zero-order chi connectivity index (χ0) is 14.0. The Labute approximate surface area is 122 Å². The summed E-state index contributed by atoms with van der Waals surface area (Å²) in [5, 5.41) is 0. The quantitative estimate of drug-likeness (QED) is 0.613. The highest BCUT2D eigenvalue weighted by Gasteiger charge is 1.97. The maximum absolute atomic E-state index is 5.68. The molecule has 2 aromatic rings. The molecule has 106 valence electrons. The highest BCUT2D eigenvalue weighted by Crippen LogP contribution is 2.11. The lowest BCUT2D eigenvalue weighted by molar-refractivity contribution is 0.117. The molecule has 0 aliphatic carbocycles. The Balaban J connectivity index is 1.78. The molecule has 2 rings (SSSR count). The minimum Gasteiger partial charge on any atom is -0.377 e. The largest absolute Gasteiger partial charge is 0.377 e. The molecule has 0 radical (unpaired) electrons. The molecule has 0 aliphatic heterocycles. The first-order valence-electron chi connectivity index (χ1n) is 7.58. The van der Waals surface area contributed by atoms with E-state index in [4.69, 9.17) is 4.74 Å². The highest BCUT2D eigenvalue weighted by molar-refractivity contribution is 5.28. The van der Waals surface area contributed by atoms with E-state index in [1.165, 1.54) is 36.0 Å². The van der Waals surface area contributed by atoms with E-state index in [-0.39, 0.29) is 0 Å². The van der Waals surface area contributed by atoms with E-state index >= 15 is 0 Å². The van der Waals surface area contributed by atoms with Gasteiger partial charge in [0.05, 0.1) is 6.61 Å². The lowest BCUT2D eigenvalue weighted by Gasteiger charge is -2.06. The smallest absolute Gasteiger partial charge is 0.0716 e. The molecule has 0 unspecified atom stereocenters. The summed E-state index contributed by atoms with van der Waals surface area (Å²) in [5.74, 6) is 0. The van der Waals surface area contributed by atoms with Gasteiger partial charge in [-0.25, -0.2) is 0 Å². The minimum atomic E-state index is 0.731. The standard InChI is InChI=1S/C19H24O/c1-2-3-7-14-20-16-19-12-10-18(11-13-19)15-17-8-5-4-6-9-17/h4-6,8-13H,2-3,7,14-16H2,1H3. The van der Waals surface area contributed by atoms with Crippen molar-refractivity contribution < 1.29 is 4.74 Å². The van der Waals surface area contributed by atoms with E-state index in [1.54, 1.807) is 0 Å². The molecule has 0 saturated carbocycles. The van der Waals surface area contributed by atoms with Crippen LogP contribution in [0.4, 0.5) is 0 Å². The monoisotopic (exact) mass is 268 g/mol. The Morgan fingerprint density at radius 1 is 0.750 bits per heavy atom. The Morgan fingerprint density at radius 2 is 1.40 bits per heavy atom. The molecule has 0 fully saturated rings. The van der Waals surface area contributed by atoms with Gasteiger partial charge in [-0.1, -0.05) is 74.4 Å². The number of hydrogen-bond acceptors (Lipinski definition) is 1. The second-order valence-corrected chi connectivity index (χ2v) is 5.24. The van der Waals surface area contributed by atoms with Crippen molar-refractivity contribution in [3.05, 3.63) is 71.3 Å². The Kier molecular flexibility index (Phi) is 6.33. The average Bonchev–Trinajstić information content (AvgIpc) is 2.50. The number of hydrogen-bond donors (Lipinski definition) is 0. The first kappa shape index (κ1) is 14.8. The fraction of sp³-hybridized carbons (Fsp3) is 0.368. The molecule has 2 aromatic carbocycles. The van der Waals surface area contributed by atoms with Crippen molar-refractivity contribution in [2.75, 3.05) is 6.61 Å². The van der Waals surface area contributed by atoms with Gasteiger partial charge >= 0.3 is 0 Å². The van der Waals surface area contributed by atoms with Gasteiger partial charge in [-0.3, -0.25) is 0 Å². The van der Waals surface area contributed by atoms with Gasteiger partial charge in [0.2, 0.25) is 0 Å². The molecule has 0 N–H and O–H groups in total. The van der Waals surface area contributed by atoms with Gasteiger partial charge in [0.1, 0.15) is 0 Å². The Hall–Kier alpha value is -1.60. The number of ether oxygens (including phenoxy) is 1. The summed E-state index contributed by atoms with van der Waals surface area (Å²) in [4.78, 5) is 0. The molecular weight excluding hydrogens is 244 g/mol. The molecule has 0 heterocycles. The van der Waals surface area contributed by atoms with Gasteiger partial charge in [-0.15, -0.1) is 0 Å². The third kappa shape index (κ3) is 5.18. The molecule has 20 heavy (non-hydrogen) atoms. The second-order valence-electron chi connectivity index (χ2n) is 5.24. The fourth-order valence-electron chi connectivity index (χ4n) is 2.23. The van der Waals surface area contributed by atoms with Crippen LogP contribution in [0.15, 0.2) is 54.6 Å². The lowest BCUT2D eigenvalue weighted by atomic mass is 10.0. The maximum Gasteiger partial charge on any atom is 0.0716 e. The summed E-state index contributed by atoms with van der Waals surface area (Å²) in [5.41, 5.74) is 3.97. The highest BCUT2D eigenvalue weighted by atomic mass is 16.5. The number of benzene rings is 2. The molecule has 0 aliphatic rings. The van der Waals surface area contributed by atoms with Gasteiger partial charge in [0.15, 0.2) is 0 Å². The molecule has 0 aromatic heterocycles. The second kappa shape index (κ2) is 8.55. The van der Waals surface area contributed by atoms with Gasteiger partial charge in [0, 0.05) is 6.61 Å². The first-order valence-corrected chi connectivity index (χ1v) is 7.58. The Bertz CT molecular complexity index is 473. The van der Waals surface area contributed by atoms with Crippen molar-refractivity contribution in [2.45, 2.75) is 39.2 Å². The van der Waals surface area contributed by atoms with Crippen molar-refractivity contribution >= 4 is 0 Å². The molecule has 0 spiro atoms. The van der Waals surface area contributed by atoms with Crippen LogP contribution in [-0.4, -0.2) is 6.61 Å². The van der Waals surface area contributed by atoms with E-state index in [9.17, 15) is 0 Å². The van der Waals surface area contributed by atoms with Crippen LogP contribution in [0.5, 0.6) is 0 Å². The van der Waals surface area contributed by atoms with Gasteiger partial charge < -0.3 is 4.74 Å². The topological polar surface area (TPSA) is 9.23 Å². The predicted molar refractivity (Wildman–Crippen MR) is 84.9 cm³/mol. The molecule has 0 atom stereocenters. The third-order valence-corrected chi connectivity index (χ3v) is 3.44. The van der Waals surface area contributed by atoms with Crippen molar-refractivity contribution in [1.29, 1.82) is 0 Å². The van der Waals surface area contributed by atoms with Crippen LogP contribution >= 0.6 is 0 Å². The van der Waals surface area contributed by atoms with E-state index in [0.29, 0.717) is 0 Å². The third-order valence-electron chi connectivity index (χ3n) is 3.44. The molecule has 0 saturated heterocycles. The van der Waals surface area contributed by atoms with Gasteiger partial charge in [0.25, 0.3) is 0 Å². The Morgan fingerprint density at radius 3 is 2.10 bits per heavy atom. The lowest BCUT2D eigenvalue weighted by Crippen LogP contribution is -1.96. The van der Waals surface area contributed by atoms with Crippen molar-refractivity contribution in [3.63, 3.8) is 0 Å². The summed E-state index contributed by atoms with van der Waals surface area (Å²) >= 11 is 0. The first-order chi connectivity index (χ1) is 9.88. The minimum absolute atomic E-state index is 0.731. The molecular formula is C19H24O. The summed E-state index contributed by atoms with van der Waals surface area (Å²) in [6.07, 6.45) is 4.68. The van der Waals surface area contributed by atoms with E-state index in [2.05, 4.69) is 61.5 Å². The molecule has 1 nitrogen and oxygen atoms in total. The average molecular weight is 268 g/mol.